The van der Waals surface area contributed by atoms with Gasteiger partial charge in [0, 0.05) is 31.2 Å². The SMILES string of the molecule is CC(CN=C(N)Nc1cccc(C(C)C)c1)Cn1cccn1.I. The number of rotatable bonds is 6. The molecule has 0 saturated heterocycles. The zero-order chi connectivity index (χ0) is 15.9. The molecule has 2 aromatic rings. The Kier molecular flexibility index (Phi) is 8.08. The van der Waals surface area contributed by atoms with E-state index in [9.17, 15) is 0 Å². The third-order valence-electron chi connectivity index (χ3n) is 3.46. The van der Waals surface area contributed by atoms with Crippen molar-refractivity contribution in [2.24, 2.45) is 16.6 Å². The quantitative estimate of drug-likeness (QED) is 0.420. The molecule has 0 bridgehead atoms. The number of aliphatic imine (C=N–C) groups is 1. The highest BCUT2D eigenvalue weighted by Crippen LogP contribution is 2.18. The average molecular weight is 427 g/mol. The van der Waals surface area contributed by atoms with Crippen LogP contribution in [-0.2, 0) is 6.54 Å². The number of nitrogens with one attached hydrogen (secondary N) is 1. The maximum Gasteiger partial charge on any atom is 0.193 e. The van der Waals surface area contributed by atoms with E-state index in [-0.39, 0.29) is 24.0 Å². The predicted octanol–water partition coefficient (Wildman–Crippen LogP) is 3.69. The Labute approximate surface area is 155 Å². The Morgan fingerprint density at radius 1 is 1.30 bits per heavy atom. The third kappa shape index (κ3) is 6.60. The van der Waals surface area contributed by atoms with Crippen LogP contribution >= 0.6 is 24.0 Å². The van der Waals surface area contributed by atoms with Crippen LogP contribution in [0, 0.1) is 5.92 Å². The Hall–Kier alpha value is -1.57. The van der Waals surface area contributed by atoms with Gasteiger partial charge in [-0.15, -0.1) is 24.0 Å². The lowest BCUT2D eigenvalue weighted by Crippen LogP contribution is -2.24. The molecule has 1 atom stereocenters. The van der Waals surface area contributed by atoms with Gasteiger partial charge in [0.05, 0.1) is 0 Å². The molecular weight excluding hydrogens is 401 g/mol. The van der Waals surface area contributed by atoms with Crippen molar-refractivity contribution in [3.05, 3.63) is 48.3 Å². The number of nitrogens with two attached hydrogens (primary N) is 1. The fourth-order valence-corrected chi connectivity index (χ4v) is 2.20. The van der Waals surface area contributed by atoms with Crippen LogP contribution in [0.5, 0.6) is 0 Å². The molecule has 0 amide bonds. The molecule has 23 heavy (non-hydrogen) atoms. The lowest BCUT2D eigenvalue weighted by molar-refractivity contribution is 0.459. The fraction of sp³-hybridized carbons (Fsp3) is 0.412. The van der Waals surface area contributed by atoms with E-state index in [1.807, 2.05) is 29.1 Å². The minimum Gasteiger partial charge on any atom is -0.370 e. The summed E-state index contributed by atoms with van der Waals surface area (Å²) < 4.78 is 1.91. The van der Waals surface area contributed by atoms with E-state index >= 15 is 0 Å². The van der Waals surface area contributed by atoms with Crippen LogP contribution in [0.25, 0.3) is 0 Å². The predicted molar refractivity (Wildman–Crippen MR) is 107 cm³/mol. The van der Waals surface area contributed by atoms with Crippen molar-refractivity contribution in [2.45, 2.75) is 33.2 Å². The van der Waals surface area contributed by atoms with Gasteiger partial charge in [-0.3, -0.25) is 9.67 Å². The van der Waals surface area contributed by atoms with Crippen LogP contribution in [0.3, 0.4) is 0 Å². The van der Waals surface area contributed by atoms with Crippen LogP contribution < -0.4 is 11.1 Å². The average Bonchev–Trinajstić information content (AvgIpc) is 2.98. The number of hydrogen-bond acceptors (Lipinski definition) is 2. The van der Waals surface area contributed by atoms with Crippen LogP contribution in [0.15, 0.2) is 47.7 Å². The molecule has 2 rings (SSSR count). The summed E-state index contributed by atoms with van der Waals surface area (Å²) in [6.45, 7) is 7.99. The number of halogens is 1. The normalized spacial score (nSPS) is 12.8. The van der Waals surface area contributed by atoms with E-state index in [2.05, 4.69) is 48.3 Å². The maximum atomic E-state index is 5.97. The highest BCUT2D eigenvalue weighted by molar-refractivity contribution is 14.0. The minimum atomic E-state index is 0. The number of hydrogen-bond donors (Lipinski definition) is 2. The molecule has 0 fully saturated rings. The monoisotopic (exact) mass is 427 g/mol. The fourth-order valence-electron chi connectivity index (χ4n) is 2.20. The molecule has 0 aliphatic carbocycles. The van der Waals surface area contributed by atoms with Crippen LogP contribution in [-0.4, -0.2) is 22.3 Å². The van der Waals surface area contributed by atoms with E-state index < -0.39 is 0 Å². The second-order valence-electron chi connectivity index (χ2n) is 5.96. The van der Waals surface area contributed by atoms with E-state index in [0.717, 1.165) is 12.2 Å². The van der Waals surface area contributed by atoms with Gasteiger partial charge in [-0.25, -0.2) is 0 Å². The number of guanidine groups is 1. The van der Waals surface area contributed by atoms with Crippen molar-refractivity contribution in [3.63, 3.8) is 0 Å². The van der Waals surface area contributed by atoms with Gasteiger partial charge in [-0.2, -0.15) is 5.10 Å². The molecule has 0 aliphatic rings. The summed E-state index contributed by atoms with van der Waals surface area (Å²) in [7, 11) is 0. The molecule has 1 heterocycles. The summed E-state index contributed by atoms with van der Waals surface area (Å²) in [5.41, 5.74) is 8.23. The molecule has 0 saturated carbocycles. The molecule has 6 heteroatoms. The molecule has 126 valence electrons. The topological polar surface area (TPSA) is 68.2 Å². The summed E-state index contributed by atoms with van der Waals surface area (Å²) in [5, 5.41) is 7.36. The van der Waals surface area contributed by atoms with Gasteiger partial charge in [0.25, 0.3) is 0 Å². The van der Waals surface area contributed by atoms with Gasteiger partial charge in [0.2, 0.25) is 0 Å². The maximum absolute atomic E-state index is 5.97. The first-order valence-electron chi connectivity index (χ1n) is 7.69. The first kappa shape index (κ1) is 19.5. The lowest BCUT2D eigenvalue weighted by atomic mass is 10.0. The first-order chi connectivity index (χ1) is 10.5. The third-order valence-corrected chi connectivity index (χ3v) is 3.46. The number of nitrogens with zero attached hydrogens (tertiary/aromatic N) is 3. The molecule has 0 aliphatic heterocycles. The summed E-state index contributed by atoms with van der Waals surface area (Å²) in [6, 6.07) is 10.2. The zero-order valence-corrected chi connectivity index (χ0v) is 16.3. The second-order valence-corrected chi connectivity index (χ2v) is 5.96. The Bertz CT molecular complexity index is 607. The summed E-state index contributed by atoms with van der Waals surface area (Å²) in [6.07, 6.45) is 3.74. The van der Waals surface area contributed by atoms with Crippen molar-refractivity contribution in [1.82, 2.24) is 9.78 Å². The van der Waals surface area contributed by atoms with E-state index in [1.54, 1.807) is 6.20 Å². The molecule has 1 aromatic heterocycles. The van der Waals surface area contributed by atoms with Crippen molar-refractivity contribution in [1.29, 1.82) is 0 Å². The zero-order valence-electron chi connectivity index (χ0n) is 13.9. The van der Waals surface area contributed by atoms with Gasteiger partial charge < -0.3 is 11.1 Å². The molecule has 1 unspecified atom stereocenters. The van der Waals surface area contributed by atoms with E-state index in [1.165, 1.54) is 5.56 Å². The summed E-state index contributed by atoms with van der Waals surface area (Å²) >= 11 is 0. The molecule has 3 N–H and O–H groups in total. The summed E-state index contributed by atoms with van der Waals surface area (Å²) in [5.74, 6) is 1.32. The van der Waals surface area contributed by atoms with Crippen molar-refractivity contribution in [3.8, 4) is 0 Å². The highest BCUT2D eigenvalue weighted by atomic mass is 127. The highest BCUT2D eigenvalue weighted by Gasteiger charge is 2.04. The van der Waals surface area contributed by atoms with Crippen molar-refractivity contribution in [2.75, 3.05) is 11.9 Å². The largest absolute Gasteiger partial charge is 0.370 e. The smallest absolute Gasteiger partial charge is 0.193 e. The van der Waals surface area contributed by atoms with Gasteiger partial charge in [0.15, 0.2) is 5.96 Å². The molecule has 0 radical (unpaired) electrons. The molecule has 1 aromatic carbocycles. The number of anilines is 1. The Morgan fingerprint density at radius 3 is 2.74 bits per heavy atom. The first-order valence-corrected chi connectivity index (χ1v) is 7.69. The van der Waals surface area contributed by atoms with Gasteiger partial charge >= 0.3 is 0 Å². The van der Waals surface area contributed by atoms with Gasteiger partial charge in [-0.1, -0.05) is 32.9 Å². The van der Waals surface area contributed by atoms with Crippen LogP contribution in [0.2, 0.25) is 0 Å². The summed E-state index contributed by atoms with van der Waals surface area (Å²) in [4.78, 5) is 4.42. The van der Waals surface area contributed by atoms with Crippen LogP contribution in [0.4, 0.5) is 5.69 Å². The lowest BCUT2D eigenvalue weighted by Gasteiger charge is -2.12. The number of aromatic nitrogens is 2. The van der Waals surface area contributed by atoms with Crippen molar-refractivity contribution < 1.29 is 0 Å². The standard InChI is InChI=1S/C17H25N5.HI/c1-13(2)15-6-4-7-16(10-15)21-17(18)19-11-14(3)12-22-9-5-8-20-22;/h4-10,13-14H,11-12H2,1-3H3,(H3,18,19,21);1H. The molecule has 5 nitrogen and oxygen atoms in total. The van der Waals surface area contributed by atoms with Gasteiger partial charge in [-0.05, 0) is 35.6 Å². The van der Waals surface area contributed by atoms with Gasteiger partial charge in [0.1, 0.15) is 0 Å². The van der Waals surface area contributed by atoms with E-state index in [0.29, 0.717) is 24.3 Å². The number of benzene rings is 1. The van der Waals surface area contributed by atoms with E-state index in [4.69, 9.17) is 5.73 Å². The van der Waals surface area contributed by atoms with Crippen molar-refractivity contribution >= 4 is 35.6 Å². The molecule has 0 spiro atoms. The second kappa shape index (κ2) is 9.54. The molecular formula is C17H26IN5. The Morgan fingerprint density at radius 2 is 2.09 bits per heavy atom. The minimum absolute atomic E-state index is 0. The Balaban J connectivity index is 0.00000264. The van der Waals surface area contributed by atoms with Crippen LogP contribution in [0.1, 0.15) is 32.3 Å².